The Bertz CT molecular complexity index is 901. The van der Waals surface area contributed by atoms with E-state index in [1.165, 1.54) is 7.11 Å². The van der Waals surface area contributed by atoms with Gasteiger partial charge in [-0.25, -0.2) is 0 Å². The van der Waals surface area contributed by atoms with Crippen LogP contribution in [0.4, 0.5) is 0 Å². The number of hydrogen-bond donors (Lipinski definition) is 0. The molecule has 6 nitrogen and oxygen atoms in total. The summed E-state index contributed by atoms with van der Waals surface area (Å²) < 4.78 is 17.0. The topological polar surface area (TPSA) is 74.2 Å². The van der Waals surface area contributed by atoms with Gasteiger partial charge in [-0.2, -0.15) is 4.91 Å². The normalized spacial score (nSPS) is 14.0. The van der Waals surface area contributed by atoms with Gasteiger partial charge in [0, 0.05) is 5.56 Å². The summed E-state index contributed by atoms with van der Waals surface area (Å²) in [5.74, 6) is 1.33. The molecule has 0 saturated heterocycles. The van der Waals surface area contributed by atoms with Gasteiger partial charge in [-0.1, -0.05) is 17.3 Å². The van der Waals surface area contributed by atoms with E-state index in [1.54, 1.807) is 36.4 Å². The molecule has 0 saturated carbocycles. The van der Waals surface area contributed by atoms with Crippen LogP contribution in [0.2, 0.25) is 0 Å². The van der Waals surface area contributed by atoms with Crippen molar-refractivity contribution in [3.63, 3.8) is 0 Å². The number of benzene rings is 2. The molecule has 0 N–H and O–H groups in total. The molecule has 1 heterocycles. The zero-order valence-electron chi connectivity index (χ0n) is 15.5. The molecule has 0 atom stereocenters. The van der Waals surface area contributed by atoms with Gasteiger partial charge in [-0.3, -0.25) is 4.79 Å². The van der Waals surface area contributed by atoms with E-state index < -0.39 is 5.60 Å². The number of ketones is 1. The van der Waals surface area contributed by atoms with Crippen molar-refractivity contribution in [3.8, 4) is 17.2 Å². The second kappa shape index (κ2) is 7.61. The number of ether oxygens (including phenoxy) is 3. The standard InChI is InChI=1S/C21H21NO5/c1-21(2)11-10-16-19(27-21)9-8-14(12-22-24)20(16)26-13-17(23)15-6-4-5-7-18(15)25-3/h4-11H,12-13H2,1-3H3. The lowest BCUT2D eigenvalue weighted by Gasteiger charge is -2.29. The van der Waals surface area contributed by atoms with E-state index in [0.717, 1.165) is 0 Å². The fraction of sp³-hybridized carbons (Fsp3) is 0.286. The number of hydrogen-bond acceptors (Lipinski definition) is 6. The van der Waals surface area contributed by atoms with Crippen LogP contribution in [-0.4, -0.2) is 25.1 Å². The summed E-state index contributed by atoms with van der Waals surface area (Å²) >= 11 is 0. The predicted octanol–water partition coefficient (Wildman–Crippen LogP) is 4.41. The number of fused-ring (bicyclic) bond motifs is 1. The molecule has 6 heteroatoms. The highest BCUT2D eigenvalue weighted by Crippen LogP contribution is 2.39. The Morgan fingerprint density at radius 3 is 2.70 bits per heavy atom. The summed E-state index contributed by atoms with van der Waals surface area (Å²) in [4.78, 5) is 23.4. The molecule has 2 aromatic rings. The Morgan fingerprint density at radius 2 is 1.96 bits per heavy atom. The van der Waals surface area contributed by atoms with Crippen molar-refractivity contribution in [2.45, 2.75) is 26.0 Å². The maximum Gasteiger partial charge on any atom is 0.203 e. The Kier molecular flexibility index (Phi) is 5.26. The number of nitroso groups, excluding NO2 is 1. The monoisotopic (exact) mass is 367 g/mol. The van der Waals surface area contributed by atoms with Gasteiger partial charge < -0.3 is 14.2 Å². The number of carbonyl (C=O) groups is 1. The van der Waals surface area contributed by atoms with Crippen molar-refractivity contribution in [1.82, 2.24) is 0 Å². The third-order valence-corrected chi connectivity index (χ3v) is 4.25. The van der Waals surface area contributed by atoms with Crippen molar-refractivity contribution in [1.29, 1.82) is 0 Å². The van der Waals surface area contributed by atoms with Gasteiger partial charge >= 0.3 is 0 Å². The fourth-order valence-electron chi connectivity index (χ4n) is 2.93. The van der Waals surface area contributed by atoms with Gasteiger partial charge in [0.25, 0.3) is 0 Å². The van der Waals surface area contributed by atoms with Crippen LogP contribution >= 0.6 is 0 Å². The first-order valence-corrected chi connectivity index (χ1v) is 8.57. The molecule has 0 radical (unpaired) electrons. The smallest absolute Gasteiger partial charge is 0.203 e. The van der Waals surface area contributed by atoms with Crippen LogP contribution in [0.15, 0.2) is 47.7 Å². The molecule has 0 aromatic heterocycles. The Labute approximate surface area is 157 Å². The minimum atomic E-state index is -0.443. The Morgan fingerprint density at radius 1 is 1.19 bits per heavy atom. The summed E-state index contributed by atoms with van der Waals surface area (Å²) in [6, 6.07) is 10.5. The molecule has 0 fully saturated rings. The third kappa shape index (κ3) is 4.00. The first kappa shape index (κ1) is 18.6. The molecule has 27 heavy (non-hydrogen) atoms. The second-order valence-corrected chi connectivity index (χ2v) is 6.70. The van der Waals surface area contributed by atoms with Crippen molar-refractivity contribution >= 4 is 11.9 Å². The zero-order chi connectivity index (χ0) is 19.4. The number of carbonyl (C=O) groups excluding carboxylic acids is 1. The summed E-state index contributed by atoms with van der Waals surface area (Å²) in [5.41, 5.74) is 1.29. The van der Waals surface area contributed by atoms with Crippen LogP contribution < -0.4 is 14.2 Å². The fourth-order valence-corrected chi connectivity index (χ4v) is 2.93. The van der Waals surface area contributed by atoms with Crippen molar-refractivity contribution in [2.75, 3.05) is 13.7 Å². The molecular weight excluding hydrogens is 346 g/mol. The van der Waals surface area contributed by atoms with Crippen molar-refractivity contribution in [3.05, 3.63) is 64.1 Å². The number of rotatable bonds is 7. The highest BCUT2D eigenvalue weighted by Gasteiger charge is 2.25. The molecule has 0 amide bonds. The van der Waals surface area contributed by atoms with Crippen LogP contribution in [0.1, 0.15) is 35.3 Å². The molecule has 0 aliphatic carbocycles. The van der Waals surface area contributed by atoms with Crippen LogP contribution in [0.5, 0.6) is 17.2 Å². The first-order valence-electron chi connectivity index (χ1n) is 8.57. The quantitative estimate of drug-likeness (QED) is 0.535. The molecule has 0 spiro atoms. The van der Waals surface area contributed by atoms with E-state index in [0.29, 0.717) is 33.9 Å². The van der Waals surface area contributed by atoms with Gasteiger partial charge in [-0.15, -0.1) is 0 Å². The Hall–Kier alpha value is -3.15. The lowest BCUT2D eigenvalue weighted by Crippen LogP contribution is -2.27. The average Bonchev–Trinajstić information content (AvgIpc) is 2.66. The lowest BCUT2D eigenvalue weighted by molar-refractivity contribution is 0.0916. The van der Waals surface area contributed by atoms with E-state index in [-0.39, 0.29) is 18.9 Å². The molecular formula is C21H21NO5. The van der Waals surface area contributed by atoms with Crippen LogP contribution in [0.25, 0.3) is 6.08 Å². The maximum atomic E-state index is 12.6. The lowest BCUT2D eigenvalue weighted by atomic mass is 9.99. The number of nitrogens with zero attached hydrogens (tertiary/aromatic N) is 1. The van der Waals surface area contributed by atoms with Gasteiger partial charge in [-0.05, 0) is 50.3 Å². The molecule has 3 rings (SSSR count). The minimum Gasteiger partial charge on any atom is -0.496 e. The SMILES string of the molecule is COc1ccccc1C(=O)COc1c(CN=O)ccc2c1C=CC(C)(C)O2. The Balaban J connectivity index is 1.89. The highest BCUT2D eigenvalue weighted by atomic mass is 16.5. The van der Waals surface area contributed by atoms with Crippen LogP contribution in [0.3, 0.4) is 0 Å². The summed E-state index contributed by atoms with van der Waals surface area (Å²) in [6.45, 7) is 3.64. The van der Waals surface area contributed by atoms with Crippen LogP contribution in [-0.2, 0) is 6.54 Å². The van der Waals surface area contributed by atoms with Crippen molar-refractivity contribution < 1.29 is 19.0 Å². The first-order chi connectivity index (χ1) is 12.9. The van der Waals surface area contributed by atoms with Gasteiger partial charge in [0.1, 0.15) is 29.4 Å². The molecule has 1 aliphatic rings. The molecule has 0 unspecified atom stereocenters. The zero-order valence-corrected chi connectivity index (χ0v) is 15.5. The summed E-state index contributed by atoms with van der Waals surface area (Å²) in [5, 5.41) is 2.96. The largest absolute Gasteiger partial charge is 0.496 e. The second-order valence-electron chi connectivity index (χ2n) is 6.70. The van der Waals surface area contributed by atoms with Crippen molar-refractivity contribution in [2.24, 2.45) is 5.18 Å². The molecule has 0 bridgehead atoms. The number of Topliss-reactive ketones (excluding diaryl/α,β-unsaturated/α-hetero) is 1. The maximum absolute atomic E-state index is 12.6. The van der Waals surface area contributed by atoms with E-state index >= 15 is 0 Å². The summed E-state index contributed by atoms with van der Waals surface area (Å²) in [6.07, 6.45) is 3.79. The number of methoxy groups -OCH3 is 1. The molecule has 1 aliphatic heterocycles. The van der Waals surface area contributed by atoms with E-state index in [2.05, 4.69) is 5.18 Å². The molecule has 140 valence electrons. The average molecular weight is 367 g/mol. The third-order valence-electron chi connectivity index (χ3n) is 4.25. The van der Waals surface area contributed by atoms with E-state index in [9.17, 15) is 9.70 Å². The van der Waals surface area contributed by atoms with Gasteiger partial charge in [0.15, 0.2) is 6.61 Å². The number of para-hydroxylation sites is 1. The minimum absolute atomic E-state index is 0.0529. The molecule has 2 aromatic carbocycles. The van der Waals surface area contributed by atoms with E-state index in [1.807, 2.05) is 26.0 Å². The predicted molar refractivity (Wildman–Crippen MR) is 103 cm³/mol. The van der Waals surface area contributed by atoms with Gasteiger partial charge in [0.2, 0.25) is 5.78 Å². The van der Waals surface area contributed by atoms with Crippen LogP contribution in [0, 0.1) is 4.91 Å². The van der Waals surface area contributed by atoms with E-state index in [4.69, 9.17) is 14.2 Å². The highest BCUT2D eigenvalue weighted by molar-refractivity contribution is 5.99. The van der Waals surface area contributed by atoms with Gasteiger partial charge in [0.05, 0.1) is 18.2 Å². The summed E-state index contributed by atoms with van der Waals surface area (Å²) in [7, 11) is 1.51.